The van der Waals surface area contributed by atoms with Crippen LogP contribution < -0.4 is 14.8 Å². The van der Waals surface area contributed by atoms with E-state index < -0.39 is 0 Å². The van der Waals surface area contributed by atoms with Crippen LogP contribution in [0.4, 0.5) is 0 Å². The van der Waals surface area contributed by atoms with Crippen molar-refractivity contribution in [2.24, 2.45) is 0 Å². The highest BCUT2D eigenvalue weighted by molar-refractivity contribution is 6.35. The van der Waals surface area contributed by atoms with Gasteiger partial charge in [-0.2, -0.15) is 0 Å². The van der Waals surface area contributed by atoms with E-state index >= 15 is 0 Å². The number of halogens is 2. The summed E-state index contributed by atoms with van der Waals surface area (Å²) in [6, 6.07) is 11.2. The zero-order valence-electron chi connectivity index (χ0n) is 12.0. The molecule has 5 heteroatoms. The lowest BCUT2D eigenvalue weighted by molar-refractivity contribution is 0.284. The fraction of sp³-hybridized carbons (Fsp3) is 0.250. The SMILES string of the molecule is CNCc1ccc(OC)c(OCc2c(Cl)cccc2Cl)c1. The van der Waals surface area contributed by atoms with E-state index in [4.69, 9.17) is 32.7 Å². The molecule has 0 spiro atoms. The van der Waals surface area contributed by atoms with Crippen molar-refractivity contribution in [2.75, 3.05) is 14.2 Å². The average molecular weight is 326 g/mol. The molecule has 0 atom stereocenters. The van der Waals surface area contributed by atoms with Gasteiger partial charge in [0, 0.05) is 22.2 Å². The van der Waals surface area contributed by atoms with Crippen LogP contribution in [-0.2, 0) is 13.2 Å². The molecule has 0 aliphatic heterocycles. The molecule has 112 valence electrons. The predicted octanol–water partition coefficient (Wildman–Crippen LogP) is 4.30. The van der Waals surface area contributed by atoms with Gasteiger partial charge < -0.3 is 14.8 Å². The van der Waals surface area contributed by atoms with Gasteiger partial charge in [0.2, 0.25) is 0 Å². The van der Waals surface area contributed by atoms with Crippen molar-refractivity contribution in [3.63, 3.8) is 0 Å². The highest BCUT2D eigenvalue weighted by Crippen LogP contribution is 2.31. The molecular weight excluding hydrogens is 309 g/mol. The molecule has 0 fully saturated rings. The summed E-state index contributed by atoms with van der Waals surface area (Å²) < 4.78 is 11.2. The second kappa shape index (κ2) is 7.55. The van der Waals surface area contributed by atoms with E-state index in [-0.39, 0.29) is 6.61 Å². The fourth-order valence-electron chi connectivity index (χ4n) is 1.97. The molecule has 0 amide bonds. The molecule has 0 radical (unpaired) electrons. The Morgan fingerprint density at radius 2 is 1.76 bits per heavy atom. The molecule has 0 unspecified atom stereocenters. The maximum absolute atomic E-state index is 6.14. The Hall–Kier alpha value is -1.42. The Balaban J connectivity index is 2.20. The topological polar surface area (TPSA) is 30.5 Å². The summed E-state index contributed by atoms with van der Waals surface area (Å²) in [6.45, 7) is 1.05. The summed E-state index contributed by atoms with van der Waals surface area (Å²) >= 11 is 12.3. The maximum atomic E-state index is 6.14. The van der Waals surface area contributed by atoms with Gasteiger partial charge in [-0.3, -0.25) is 0 Å². The van der Waals surface area contributed by atoms with E-state index in [2.05, 4.69) is 5.32 Å². The summed E-state index contributed by atoms with van der Waals surface area (Å²) in [6.07, 6.45) is 0. The minimum atomic E-state index is 0.290. The quantitative estimate of drug-likeness (QED) is 0.858. The Morgan fingerprint density at radius 1 is 1.05 bits per heavy atom. The van der Waals surface area contributed by atoms with Gasteiger partial charge in [-0.25, -0.2) is 0 Å². The summed E-state index contributed by atoms with van der Waals surface area (Å²) in [5.74, 6) is 1.35. The molecule has 0 aliphatic carbocycles. The van der Waals surface area contributed by atoms with Gasteiger partial charge in [0.05, 0.1) is 7.11 Å². The lowest BCUT2D eigenvalue weighted by Gasteiger charge is -2.13. The highest BCUT2D eigenvalue weighted by Gasteiger charge is 2.10. The Morgan fingerprint density at radius 3 is 2.38 bits per heavy atom. The van der Waals surface area contributed by atoms with Crippen LogP contribution in [0.5, 0.6) is 11.5 Å². The van der Waals surface area contributed by atoms with Crippen LogP contribution >= 0.6 is 23.2 Å². The van der Waals surface area contributed by atoms with Crippen molar-refractivity contribution >= 4 is 23.2 Å². The molecule has 21 heavy (non-hydrogen) atoms. The van der Waals surface area contributed by atoms with Gasteiger partial charge in [0.25, 0.3) is 0 Å². The number of nitrogens with one attached hydrogen (secondary N) is 1. The van der Waals surface area contributed by atoms with Crippen LogP contribution in [0.1, 0.15) is 11.1 Å². The predicted molar refractivity (Wildman–Crippen MR) is 86.6 cm³/mol. The van der Waals surface area contributed by atoms with Crippen molar-refractivity contribution in [1.29, 1.82) is 0 Å². The van der Waals surface area contributed by atoms with Crippen LogP contribution in [0.25, 0.3) is 0 Å². The van der Waals surface area contributed by atoms with Crippen LogP contribution in [0, 0.1) is 0 Å². The van der Waals surface area contributed by atoms with Gasteiger partial charge in [0.15, 0.2) is 11.5 Å². The molecule has 0 bridgehead atoms. The third-order valence-electron chi connectivity index (χ3n) is 3.04. The fourth-order valence-corrected chi connectivity index (χ4v) is 2.47. The number of benzene rings is 2. The van der Waals surface area contributed by atoms with Gasteiger partial charge in [-0.05, 0) is 36.9 Å². The first kappa shape index (κ1) is 16.0. The largest absolute Gasteiger partial charge is 0.493 e. The van der Waals surface area contributed by atoms with E-state index in [0.29, 0.717) is 21.5 Å². The second-order valence-corrected chi connectivity index (χ2v) is 5.32. The lowest BCUT2D eigenvalue weighted by Crippen LogP contribution is -2.06. The molecule has 2 rings (SSSR count). The zero-order chi connectivity index (χ0) is 15.2. The first-order chi connectivity index (χ1) is 10.2. The number of rotatable bonds is 6. The van der Waals surface area contributed by atoms with E-state index in [1.165, 1.54) is 0 Å². The van der Waals surface area contributed by atoms with E-state index in [1.807, 2.05) is 31.3 Å². The van der Waals surface area contributed by atoms with Gasteiger partial charge in [-0.15, -0.1) is 0 Å². The van der Waals surface area contributed by atoms with E-state index in [9.17, 15) is 0 Å². The van der Waals surface area contributed by atoms with E-state index in [1.54, 1.807) is 19.2 Å². The second-order valence-electron chi connectivity index (χ2n) is 4.50. The number of methoxy groups -OCH3 is 1. The molecule has 0 heterocycles. The van der Waals surface area contributed by atoms with Crippen LogP contribution in [0.15, 0.2) is 36.4 Å². The normalized spacial score (nSPS) is 10.5. The molecule has 2 aromatic carbocycles. The van der Waals surface area contributed by atoms with Crippen molar-refractivity contribution in [3.8, 4) is 11.5 Å². The molecule has 2 aromatic rings. The Bertz CT molecular complexity index is 597. The number of hydrogen-bond donors (Lipinski definition) is 1. The van der Waals surface area contributed by atoms with Crippen molar-refractivity contribution in [3.05, 3.63) is 57.6 Å². The van der Waals surface area contributed by atoms with Crippen molar-refractivity contribution in [2.45, 2.75) is 13.2 Å². The Labute approximate surface area is 134 Å². The molecule has 0 aliphatic rings. The third-order valence-corrected chi connectivity index (χ3v) is 3.75. The molecular formula is C16H17Cl2NO2. The average Bonchev–Trinajstić information content (AvgIpc) is 2.47. The highest BCUT2D eigenvalue weighted by atomic mass is 35.5. The summed E-state index contributed by atoms with van der Waals surface area (Å²) in [5.41, 5.74) is 1.88. The Kier molecular flexibility index (Phi) is 5.74. The number of ether oxygens (including phenoxy) is 2. The van der Waals surface area contributed by atoms with E-state index in [0.717, 1.165) is 17.7 Å². The molecule has 3 nitrogen and oxygen atoms in total. The van der Waals surface area contributed by atoms with Crippen LogP contribution in [0.3, 0.4) is 0 Å². The summed E-state index contributed by atoms with van der Waals surface area (Å²) in [7, 11) is 3.51. The monoisotopic (exact) mass is 325 g/mol. The minimum absolute atomic E-state index is 0.290. The molecule has 1 N–H and O–H groups in total. The lowest BCUT2D eigenvalue weighted by atomic mass is 10.2. The van der Waals surface area contributed by atoms with Gasteiger partial charge in [0.1, 0.15) is 6.61 Å². The molecule has 0 saturated carbocycles. The molecule has 0 saturated heterocycles. The first-order valence-electron chi connectivity index (χ1n) is 6.53. The smallest absolute Gasteiger partial charge is 0.161 e. The molecule has 0 aromatic heterocycles. The van der Waals surface area contributed by atoms with Crippen molar-refractivity contribution < 1.29 is 9.47 Å². The zero-order valence-corrected chi connectivity index (χ0v) is 13.5. The third kappa shape index (κ3) is 4.03. The van der Waals surface area contributed by atoms with Gasteiger partial charge in [-0.1, -0.05) is 35.3 Å². The summed E-state index contributed by atoms with van der Waals surface area (Å²) in [4.78, 5) is 0. The summed E-state index contributed by atoms with van der Waals surface area (Å²) in [5, 5.41) is 4.28. The first-order valence-corrected chi connectivity index (χ1v) is 7.28. The standard InChI is InChI=1S/C16H17Cl2NO2/c1-19-9-11-6-7-15(20-2)16(8-11)21-10-12-13(17)4-3-5-14(12)18/h3-8,19H,9-10H2,1-2H3. The number of hydrogen-bond acceptors (Lipinski definition) is 3. The minimum Gasteiger partial charge on any atom is -0.493 e. The van der Waals surface area contributed by atoms with Crippen LogP contribution in [0.2, 0.25) is 10.0 Å². The van der Waals surface area contributed by atoms with Crippen molar-refractivity contribution in [1.82, 2.24) is 5.32 Å². The maximum Gasteiger partial charge on any atom is 0.161 e. The van der Waals surface area contributed by atoms with Crippen LogP contribution in [-0.4, -0.2) is 14.2 Å². The van der Waals surface area contributed by atoms with Gasteiger partial charge >= 0.3 is 0 Å².